The van der Waals surface area contributed by atoms with Crippen molar-refractivity contribution in [2.75, 3.05) is 50.7 Å². The molecule has 31 heavy (non-hydrogen) atoms. The summed E-state index contributed by atoms with van der Waals surface area (Å²) in [6.07, 6.45) is 4.08. The van der Waals surface area contributed by atoms with Gasteiger partial charge in [0.25, 0.3) is 0 Å². The topological polar surface area (TPSA) is 86.6 Å². The summed E-state index contributed by atoms with van der Waals surface area (Å²) in [5.74, 6) is 3.37. The number of morpholine rings is 1. The van der Waals surface area contributed by atoms with Crippen molar-refractivity contribution >= 4 is 17.5 Å². The molecule has 0 bridgehead atoms. The second kappa shape index (κ2) is 8.43. The molecule has 162 valence electrons. The van der Waals surface area contributed by atoms with Gasteiger partial charge in [-0.15, -0.1) is 5.10 Å². The van der Waals surface area contributed by atoms with E-state index in [0.717, 1.165) is 49.2 Å². The molecule has 9 heteroatoms. The predicted octanol–water partition coefficient (Wildman–Crippen LogP) is 3.14. The molecule has 0 amide bonds. The highest BCUT2D eigenvalue weighted by molar-refractivity contribution is 5.61. The zero-order chi connectivity index (χ0) is 21.2. The predicted molar refractivity (Wildman–Crippen MR) is 117 cm³/mol. The molecule has 2 aliphatic rings. The van der Waals surface area contributed by atoms with Gasteiger partial charge in [-0.2, -0.15) is 4.98 Å². The van der Waals surface area contributed by atoms with Crippen molar-refractivity contribution in [3.8, 4) is 17.2 Å². The third-order valence-electron chi connectivity index (χ3n) is 5.54. The highest BCUT2D eigenvalue weighted by atomic mass is 16.5. The zero-order valence-electron chi connectivity index (χ0n) is 17.7. The fourth-order valence-electron chi connectivity index (χ4n) is 3.69. The van der Waals surface area contributed by atoms with Crippen molar-refractivity contribution in [2.45, 2.75) is 18.8 Å². The minimum Gasteiger partial charge on any atom is -0.493 e. The van der Waals surface area contributed by atoms with Crippen LogP contribution in [0.2, 0.25) is 0 Å². The lowest BCUT2D eigenvalue weighted by Crippen LogP contribution is -2.36. The molecule has 2 aromatic heterocycles. The number of hydrogen-bond acceptors (Lipinski definition) is 8. The van der Waals surface area contributed by atoms with Gasteiger partial charge in [-0.25, -0.2) is 9.67 Å². The standard InChI is InChI=1S/C22H26N6O3/c1-29-19-6-5-17(13-20(19)30-2)28-14-23-22(26-28)24-16-11-18(15-3-4-15)25-21(12-16)27-7-9-31-10-8-27/h5-6,11-15H,3-4,7-10H2,1-2H3,(H,24,25,26). The third kappa shape index (κ3) is 4.27. The van der Waals surface area contributed by atoms with Gasteiger partial charge in [-0.1, -0.05) is 0 Å². The molecule has 0 spiro atoms. The van der Waals surface area contributed by atoms with Crippen LogP contribution in [0.1, 0.15) is 24.5 Å². The first kappa shape index (κ1) is 19.6. The van der Waals surface area contributed by atoms with Gasteiger partial charge in [-0.05, 0) is 31.0 Å². The first-order valence-corrected chi connectivity index (χ1v) is 10.5. The summed E-state index contributed by atoms with van der Waals surface area (Å²) in [5.41, 5.74) is 2.91. The summed E-state index contributed by atoms with van der Waals surface area (Å²) in [5, 5.41) is 7.93. The molecular weight excluding hydrogens is 396 g/mol. The van der Waals surface area contributed by atoms with Gasteiger partial charge < -0.3 is 24.4 Å². The highest BCUT2D eigenvalue weighted by Gasteiger charge is 2.27. The van der Waals surface area contributed by atoms with Crippen molar-refractivity contribution in [2.24, 2.45) is 0 Å². The van der Waals surface area contributed by atoms with E-state index in [9.17, 15) is 0 Å². The normalized spacial score (nSPS) is 16.3. The lowest BCUT2D eigenvalue weighted by atomic mass is 10.2. The van der Waals surface area contributed by atoms with E-state index in [1.165, 1.54) is 12.8 Å². The number of methoxy groups -OCH3 is 2. The highest BCUT2D eigenvalue weighted by Crippen LogP contribution is 2.41. The number of anilines is 3. The third-order valence-corrected chi connectivity index (χ3v) is 5.54. The van der Waals surface area contributed by atoms with Crippen LogP contribution in [0.25, 0.3) is 5.69 Å². The largest absolute Gasteiger partial charge is 0.493 e. The summed E-state index contributed by atoms with van der Waals surface area (Å²) in [4.78, 5) is 11.6. The number of nitrogens with one attached hydrogen (secondary N) is 1. The van der Waals surface area contributed by atoms with E-state index < -0.39 is 0 Å². The Bertz CT molecular complexity index is 1060. The molecule has 0 atom stereocenters. The van der Waals surface area contributed by atoms with Crippen LogP contribution in [-0.2, 0) is 4.74 Å². The van der Waals surface area contributed by atoms with Crippen molar-refractivity contribution in [3.05, 3.63) is 42.4 Å². The van der Waals surface area contributed by atoms with E-state index in [1.54, 1.807) is 25.2 Å². The maximum Gasteiger partial charge on any atom is 0.246 e. The van der Waals surface area contributed by atoms with Crippen LogP contribution in [0, 0.1) is 0 Å². The van der Waals surface area contributed by atoms with Gasteiger partial charge in [0.2, 0.25) is 5.95 Å². The number of benzene rings is 1. The van der Waals surface area contributed by atoms with Crippen LogP contribution in [0.3, 0.4) is 0 Å². The summed E-state index contributed by atoms with van der Waals surface area (Å²) >= 11 is 0. The monoisotopic (exact) mass is 422 g/mol. The number of rotatable bonds is 7. The smallest absolute Gasteiger partial charge is 0.246 e. The van der Waals surface area contributed by atoms with Gasteiger partial charge in [-0.3, -0.25) is 0 Å². The average molecular weight is 422 g/mol. The molecule has 5 rings (SSSR count). The number of ether oxygens (including phenoxy) is 3. The van der Waals surface area contributed by atoms with Gasteiger partial charge in [0.05, 0.1) is 33.1 Å². The summed E-state index contributed by atoms with van der Waals surface area (Å²) in [6, 6.07) is 9.80. The quantitative estimate of drug-likeness (QED) is 0.622. The summed E-state index contributed by atoms with van der Waals surface area (Å²) in [7, 11) is 3.23. The number of nitrogens with zero attached hydrogens (tertiary/aromatic N) is 5. The van der Waals surface area contributed by atoms with E-state index in [4.69, 9.17) is 19.2 Å². The molecule has 3 heterocycles. The van der Waals surface area contributed by atoms with Crippen LogP contribution in [0.15, 0.2) is 36.7 Å². The maximum absolute atomic E-state index is 5.49. The van der Waals surface area contributed by atoms with Gasteiger partial charge in [0.1, 0.15) is 12.1 Å². The molecule has 1 saturated carbocycles. The molecule has 2 fully saturated rings. The van der Waals surface area contributed by atoms with E-state index >= 15 is 0 Å². The van der Waals surface area contributed by atoms with Crippen LogP contribution < -0.4 is 19.7 Å². The van der Waals surface area contributed by atoms with Crippen molar-refractivity contribution in [1.82, 2.24) is 19.7 Å². The molecular formula is C22H26N6O3. The van der Waals surface area contributed by atoms with Gasteiger partial charge in [0, 0.05) is 42.5 Å². The fourth-order valence-corrected chi connectivity index (χ4v) is 3.69. The molecule has 1 aliphatic carbocycles. The first-order chi connectivity index (χ1) is 15.2. The number of pyridine rings is 1. The molecule has 9 nitrogen and oxygen atoms in total. The molecule has 1 aliphatic heterocycles. The van der Waals surface area contributed by atoms with Crippen LogP contribution in [0.4, 0.5) is 17.5 Å². The minimum absolute atomic E-state index is 0.524. The molecule has 0 unspecified atom stereocenters. The Kier molecular flexibility index (Phi) is 5.33. The second-order valence-corrected chi connectivity index (χ2v) is 7.69. The van der Waals surface area contributed by atoms with Gasteiger partial charge in [0.15, 0.2) is 11.5 Å². The minimum atomic E-state index is 0.524. The Morgan fingerprint density at radius 2 is 1.84 bits per heavy atom. The van der Waals surface area contributed by atoms with Crippen LogP contribution >= 0.6 is 0 Å². The zero-order valence-corrected chi connectivity index (χ0v) is 17.7. The SMILES string of the molecule is COc1ccc(-n2cnc(Nc3cc(C4CC4)nc(N4CCOCC4)c3)n2)cc1OC. The van der Waals surface area contributed by atoms with Crippen LogP contribution in [0.5, 0.6) is 11.5 Å². The lowest BCUT2D eigenvalue weighted by Gasteiger charge is -2.28. The van der Waals surface area contributed by atoms with Crippen molar-refractivity contribution in [3.63, 3.8) is 0 Å². The van der Waals surface area contributed by atoms with Crippen molar-refractivity contribution < 1.29 is 14.2 Å². The Balaban J connectivity index is 1.39. The molecule has 0 radical (unpaired) electrons. The Labute approximate surface area is 181 Å². The number of aromatic nitrogens is 4. The lowest BCUT2D eigenvalue weighted by molar-refractivity contribution is 0.122. The molecule has 1 N–H and O–H groups in total. The Morgan fingerprint density at radius 3 is 2.58 bits per heavy atom. The summed E-state index contributed by atoms with van der Waals surface area (Å²) < 4.78 is 17.9. The van der Waals surface area contributed by atoms with E-state index in [-0.39, 0.29) is 0 Å². The van der Waals surface area contributed by atoms with Crippen LogP contribution in [-0.4, -0.2) is 60.3 Å². The second-order valence-electron chi connectivity index (χ2n) is 7.69. The molecule has 1 saturated heterocycles. The molecule has 1 aromatic carbocycles. The Hall–Kier alpha value is -3.33. The molecule has 3 aromatic rings. The fraction of sp³-hybridized carbons (Fsp3) is 0.409. The van der Waals surface area contributed by atoms with E-state index in [2.05, 4.69) is 32.4 Å². The first-order valence-electron chi connectivity index (χ1n) is 10.5. The Morgan fingerprint density at radius 1 is 1.03 bits per heavy atom. The maximum atomic E-state index is 5.49. The van der Waals surface area contributed by atoms with Gasteiger partial charge >= 0.3 is 0 Å². The van der Waals surface area contributed by atoms with E-state index in [1.807, 2.05) is 18.2 Å². The van der Waals surface area contributed by atoms with E-state index in [0.29, 0.717) is 23.4 Å². The summed E-state index contributed by atoms with van der Waals surface area (Å²) in [6.45, 7) is 3.17. The number of hydrogen-bond donors (Lipinski definition) is 1. The average Bonchev–Trinajstić information content (AvgIpc) is 3.58. The van der Waals surface area contributed by atoms with Crippen molar-refractivity contribution in [1.29, 1.82) is 0 Å².